The lowest BCUT2D eigenvalue weighted by Crippen LogP contribution is -2.26. The summed E-state index contributed by atoms with van der Waals surface area (Å²) in [6, 6.07) is 7.66. The van der Waals surface area contributed by atoms with E-state index in [0.717, 1.165) is 5.56 Å². The van der Waals surface area contributed by atoms with Crippen LogP contribution in [0.4, 0.5) is 5.69 Å². The molecule has 1 aromatic heterocycles. The molecule has 0 saturated carbocycles. The van der Waals surface area contributed by atoms with E-state index in [2.05, 4.69) is 26.3 Å². The van der Waals surface area contributed by atoms with Crippen molar-refractivity contribution in [2.75, 3.05) is 5.32 Å². The molecule has 2 aromatic rings. The van der Waals surface area contributed by atoms with Gasteiger partial charge in [-0.05, 0) is 54.4 Å². The first-order valence-electron chi connectivity index (χ1n) is 6.69. The van der Waals surface area contributed by atoms with E-state index in [-0.39, 0.29) is 17.6 Å². The van der Waals surface area contributed by atoms with Crippen molar-refractivity contribution in [3.05, 3.63) is 55.9 Å². The van der Waals surface area contributed by atoms with Gasteiger partial charge in [-0.1, -0.05) is 23.7 Å². The van der Waals surface area contributed by atoms with Gasteiger partial charge in [0.2, 0.25) is 0 Å². The summed E-state index contributed by atoms with van der Waals surface area (Å²) in [6.45, 7) is 5.86. The highest BCUT2D eigenvalue weighted by molar-refractivity contribution is 9.10. The topological polar surface area (TPSA) is 46.9 Å². The zero-order chi connectivity index (χ0) is 15.6. The van der Waals surface area contributed by atoms with Crippen LogP contribution in [-0.2, 0) is 0 Å². The number of nitrogens with one attached hydrogen (secondary N) is 1. The summed E-state index contributed by atoms with van der Waals surface area (Å²) in [7, 11) is 0. The zero-order valence-corrected chi connectivity index (χ0v) is 14.4. The predicted molar refractivity (Wildman–Crippen MR) is 90.1 cm³/mol. The number of anilines is 1. The summed E-state index contributed by atoms with van der Waals surface area (Å²) in [6.07, 6.45) is 1.66. The van der Waals surface area contributed by atoms with E-state index in [1.807, 2.05) is 45.0 Å². The number of benzene rings is 1. The lowest BCUT2D eigenvalue weighted by molar-refractivity contribution is 0.501. The molecule has 0 spiro atoms. The van der Waals surface area contributed by atoms with Crippen LogP contribution in [0, 0.1) is 0 Å². The van der Waals surface area contributed by atoms with E-state index in [0.29, 0.717) is 15.2 Å². The van der Waals surface area contributed by atoms with E-state index in [1.165, 1.54) is 4.68 Å². The van der Waals surface area contributed by atoms with Crippen LogP contribution < -0.4 is 10.9 Å². The van der Waals surface area contributed by atoms with Crippen LogP contribution in [0.15, 0.2) is 39.7 Å². The molecule has 1 unspecified atom stereocenters. The van der Waals surface area contributed by atoms with Crippen molar-refractivity contribution in [2.45, 2.75) is 32.9 Å². The smallest absolute Gasteiger partial charge is 0.283 e. The largest absolute Gasteiger partial charge is 0.376 e. The maximum Gasteiger partial charge on any atom is 0.283 e. The second kappa shape index (κ2) is 6.62. The van der Waals surface area contributed by atoms with Gasteiger partial charge in [0.15, 0.2) is 0 Å². The molecule has 0 radical (unpaired) electrons. The van der Waals surface area contributed by atoms with Crippen LogP contribution in [0.5, 0.6) is 0 Å². The van der Waals surface area contributed by atoms with Crippen molar-refractivity contribution in [3.63, 3.8) is 0 Å². The average Bonchev–Trinajstić information content (AvgIpc) is 2.44. The van der Waals surface area contributed by atoms with Crippen LogP contribution >= 0.6 is 27.5 Å². The van der Waals surface area contributed by atoms with Crippen LogP contribution in [0.3, 0.4) is 0 Å². The fourth-order valence-electron chi connectivity index (χ4n) is 1.98. The number of hydrogen-bond donors (Lipinski definition) is 1. The normalized spacial score (nSPS) is 12.5. The molecule has 0 amide bonds. The molecule has 1 atom stereocenters. The van der Waals surface area contributed by atoms with Crippen LogP contribution in [-0.4, -0.2) is 9.78 Å². The first-order valence-corrected chi connectivity index (χ1v) is 7.86. The molecule has 0 bridgehead atoms. The fourth-order valence-corrected chi connectivity index (χ4v) is 2.51. The summed E-state index contributed by atoms with van der Waals surface area (Å²) in [4.78, 5) is 12.2. The van der Waals surface area contributed by atoms with E-state index in [4.69, 9.17) is 11.6 Å². The molecular weight excluding hydrogens is 354 g/mol. The maximum atomic E-state index is 12.2. The quantitative estimate of drug-likeness (QED) is 0.867. The summed E-state index contributed by atoms with van der Waals surface area (Å²) in [5, 5.41) is 8.18. The van der Waals surface area contributed by atoms with E-state index >= 15 is 0 Å². The second-order valence-electron chi connectivity index (χ2n) is 5.13. The van der Waals surface area contributed by atoms with Gasteiger partial charge in [-0.15, -0.1) is 0 Å². The minimum absolute atomic E-state index is 0.0246. The SMILES string of the molecule is CC(Nc1cnn(C(C)C)c(=O)c1Br)c1ccc(Cl)cc1. The first kappa shape index (κ1) is 16.0. The summed E-state index contributed by atoms with van der Waals surface area (Å²) in [5.74, 6) is 0. The Kier molecular flexibility index (Phi) is 5.06. The third kappa shape index (κ3) is 3.66. The third-order valence-corrected chi connectivity index (χ3v) is 4.19. The number of aromatic nitrogens is 2. The lowest BCUT2D eigenvalue weighted by atomic mass is 10.1. The molecular formula is C15H17BrClN3O. The average molecular weight is 371 g/mol. The standard InChI is InChI=1S/C15H17BrClN3O/c1-9(2)20-15(21)14(16)13(8-18-20)19-10(3)11-4-6-12(17)7-5-11/h4-10,19H,1-3H3. The summed E-state index contributed by atoms with van der Waals surface area (Å²) >= 11 is 9.24. The van der Waals surface area contributed by atoms with Crippen LogP contribution in [0.25, 0.3) is 0 Å². The molecule has 1 heterocycles. The van der Waals surface area contributed by atoms with Crippen molar-refractivity contribution in [1.82, 2.24) is 9.78 Å². The van der Waals surface area contributed by atoms with Crippen molar-refractivity contribution in [1.29, 1.82) is 0 Å². The van der Waals surface area contributed by atoms with Gasteiger partial charge in [0.25, 0.3) is 5.56 Å². The number of nitrogens with zero attached hydrogens (tertiary/aromatic N) is 2. The Labute approximate surface area is 137 Å². The molecule has 112 valence electrons. The van der Waals surface area contributed by atoms with Gasteiger partial charge in [0.1, 0.15) is 4.47 Å². The van der Waals surface area contributed by atoms with Gasteiger partial charge in [-0.3, -0.25) is 4.79 Å². The molecule has 1 aromatic carbocycles. The Morgan fingerprint density at radius 1 is 1.24 bits per heavy atom. The fraction of sp³-hybridized carbons (Fsp3) is 0.333. The van der Waals surface area contributed by atoms with E-state index in [1.54, 1.807) is 6.20 Å². The van der Waals surface area contributed by atoms with Gasteiger partial charge in [-0.25, -0.2) is 4.68 Å². The third-order valence-electron chi connectivity index (χ3n) is 3.17. The lowest BCUT2D eigenvalue weighted by Gasteiger charge is -2.17. The van der Waals surface area contributed by atoms with Crippen molar-refractivity contribution in [2.24, 2.45) is 0 Å². The summed E-state index contributed by atoms with van der Waals surface area (Å²) < 4.78 is 1.94. The molecule has 0 aliphatic carbocycles. The molecule has 0 aliphatic rings. The first-order chi connectivity index (χ1) is 9.90. The Morgan fingerprint density at radius 3 is 2.43 bits per heavy atom. The molecule has 2 rings (SSSR count). The number of rotatable bonds is 4. The molecule has 21 heavy (non-hydrogen) atoms. The maximum absolute atomic E-state index is 12.2. The Hall–Kier alpha value is -1.33. The van der Waals surface area contributed by atoms with Crippen LogP contribution in [0.1, 0.15) is 38.4 Å². The van der Waals surface area contributed by atoms with Crippen molar-refractivity contribution in [3.8, 4) is 0 Å². The highest BCUT2D eigenvalue weighted by atomic mass is 79.9. The Balaban J connectivity index is 2.26. The van der Waals surface area contributed by atoms with Gasteiger partial charge in [0.05, 0.1) is 17.9 Å². The zero-order valence-electron chi connectivity index (χ0n) is 12.1. The molecule has 0 saturated heterocycles. The molecule has 4 nitrogen and oxygen atoms in total. The number of hydrogen-bond acceptors (Lipinski definition) is 3. The Bertz CT molecular complexity index is 682. The highest BCUT2D eigenvalue weighted by Gasteiger charge is 2.13. The second-order valence-corrected chi connectivity index (χ2v) is 6.36. The minimum Gasteiger partial charge on any atom is -0.376 e. The van der Waals surface area contributed by atoms with Crippen molar-refractivity contribution < 1.29 is 0 Å². The Morgan fingerprint density at radius 2 is 1.86 bits per heavy atom. The summed E-state index contributed by atoms with van der Waals surface area (Å²) in [5.41, 5.74) is 1.62. The van der Waals surface area contributed by atoms with E-state index in [9.17, 15) is 4.79 Å². The van der Waals surface area contributed by atoms with Gasteiger partial charge in [-0.2, -0.15) is 5.10 Å². The number of halogens is 2. The van der Waals surface area contributed by atoms with Crippen LogP contribution in [0.2, 0.25) is 5.02 Å². The highest BCUT2D eigenvalue weighted by Crippen LogP contribution is 2.24. The minimum atomic E-state index is -0.140. The van der Waals surface area contributed by atoms with E-state index < -0.39 is 0 Å². The molecule has 6 heteroatoms. The molecule has 1 N–H and O–H groups in total. The van der Waals surface area contributed by atoms with Gasteiger partial charge >= 0.3 is 0 Å². The van der Waals surface area contributed by atoms with Crippen molar-refractivity contribution >= 4 is 33.2 Å². The van der Waals surface area contributed by atoms with Gasteiger partial charge < -0.3 is 5.32 Å². The molecule has 0 aliphatic heterocycles. The predicted octanol–water partition coefficient (Wildman–Crippen LogP) is 4.41. The molecule has 0 fully saturated rings. The monoisotopic (exact) mass is 369 g/mol. The van der Waals surface area contributed by atoms with Gasteiger partial charge in [0, 0.05) is 11.1 Å².